The highest BCUT2D eigenvalue weighted by Crippen LogP contribution is 2.18. The Kier molecular flexibility index (Phi) is 4.10. The van der Waals surface area contributed by atoms with Gasteiger partial charge in [0.1, 0.15) is 12.1 Å². The van der Waals surface area contributed by atoms with Crippen LogP contribution in [0.5, 0.6) is 0 Å². The Morgan fingerprint density at radius 3 is 2.47 bits per heavy atom. The van der Waals surface area contributed by atoms with Gasteiger partial charge < -0.3 is 10.2 Å². The van der Waals surface area contributed by atoms with Gasteiger partial charge >= 0.3 is 0 Å². The third-order valence-electron chi connectivity index (χ3n) is 3.34. The molecule has 0 aromatic heterocycles. The Hall–Kier alpha value is -1.55. The topological polar surface area (TPSA) is 49.4 Å². The number of halogens is 1. The van der Waals surface area contributed by atoms with E-state index >= 15 is 0 Å². The standard InChI is InChI=1S/C14H17ClN2O2/c1-3-12-13(18)16-9(2)14(19)17(12)8-10-4-6-11(15)7-5-10/h4-7,9,12H,3,8H2,1-2H3,(H,16,18). The molecule has 1 aliphatic rings. The monoisotopic (exact) mass is 280 g/mol. The van der Waals surface area contributed by atoms with Gasteiger partial charge in [0.2, 0.25) is 11.8 Å². The first kappa shape index (κ1) is 13.9. The summed E-state index contributed by atoms with van der Waals surface area (Å²) in [6, 6.07) is 6.48. The van der Waals surface area contributed by atoms with Crippen molar-refractivity contribution < 1.29 is 9.59 Å². The molecule has 1 aromatic carbocycles. The second-order valence-corrected chi connectivity index (χ2v) is 5.18. The van der Waals surface area contributed by atoms with Gasteiger partial charge in [-0.15, -0.1) is 0 Å². The molecule has 1 fully saturated rings. The molecule has 5 heteroatoms. The average Bonchev–Trinajstić information content (AvgIpc) is 2.38. The molecule has 4 nitrogen and oxygen atoms in total. The normalized spacial score (nSPS) is 23.4. The minimum Gasteiger partial charge on any atom is -0.343 e. The number of benzene rings is 1. The summed E-state index contributed by atoms with van der Waals surface area (Å²) in [5.41, 5.74) is 0.970. The number of hydrogen-bond acceptors (Lipinski definition) is 2. The van der Waals surface area contributed by atoms with Gasteiger partial charge in [0.05, 0.1) is 0 Å². The van der Waals surface area contributed by atoms with Crippen LogP contribution in [-0.2, 0) is 16.1 Å². The van der Waals surface area contributed by atoms with Crippen molar-refractivity contribution in [2.75, 3.05) is 0 Å². The zero-order valence-corrected chi connectivity index (χ0v) is 11.8. The molecule has 102 valence electrons. The molecule has 0 aliphatic carbocycles. The minimum atomic E-state index is -0.456. The largest absolute Gasteiger partial charge is 0.343 e. The molecule has 0 bridgehead atoms. The van der Waals surface area contributed by atoms with Gasteiger partial charge in [-0.3, -0.25) is 9.59 Å². The van der Waals surface area contributed by atoms with Gasteiger partial charge in [-0.25, -0.2) is 0 Å². The van der Waals surface area contributed by atoms with E-state index in [0.29, 0.717) is 18.0 Å². The fraction of sp³-hybridized carbons (Fsp3) is 0.429. The van der Waals surface area contributed by atoms with Crippen molar-refractivity contribution in [3.63, 3.8) is 0 Å². The van der Waals surface area contributed by atoms with Crippen LogP contribution in [0.3, 0.4) is 0 Å². The van der Waals surface area contributed by atoms with Gasteiger partial charge in [0.25, 0.3) is 0 Å². The molecule has 2 unspecified atom stereocenters. The predicted molar refractivity (Wildman–Crippen MR) is 73.7 cm³/mol. The molecule has 1 saturated heterocycles. The highest BCUT2D eigenvalue weighted by molar-refractivity contribution is 6.30. The molecular weight excluding hydrogens is 264 g/mol. The lowest BCUT2D eigenvalue weighted by Crippen LogP contribution is -2.61. The first-order chi connectivity index (χ1) is 9.02. The van der Waals surface area contributed by atoms with Crippen molar-refractivity contribution in [2.45, 2.75) is 38.9 Å². The minimum absolute atomic E-state index is 0.0404. The zero-order chi connectivity index (χ0) is 14.0. The van der Waals surface area contributed by atoms with Crippen LogP contribution >= 0.6 is 11.6 Å². The number of piperazine rings is 1. The average molecular weight is 281 g/mol. The molecule has 0 spiro atoms. The lowest BCUT2D eigenvalue weighted by atomic mass is 10.0. The van der Waals surface area contributed by atoms with E-state index in [0.717, 1.165) is 5.56 Å². The van der Waals surface area contributed by atoms with Crippen LogP contribution in [0.1, 0.15) is 25.8 Å². The number of carbonyl (C=O) groups is 2. The van der Waals surface area contributed by atoms with Gasteiger partial charge in [-0.1, -0.05) is 30.7 Å². The molecular formula is C14H17ClN2O2. The molecule has 2 rings (SSSR count). The van der Waals surface area contributed by atoms with E-state index in [2.05, 4.69) is 5.32 Å². The molecule has 0 radical (unpaired) electrons. The van der Waals surface area contributed by atoms with Crippen molar-refractivity contribution in [1.29, 1.82) is 0 Å². The quantitative estimate of drug-likeness (QED) is 0.920. The van der Waals surface area contributed by atoms with E-state index in [1.807, 2.05) is 19.1 Å². The SMILES string of the molecule is CCC1C(=O)NC(C)C(=O)N1Cc1ccc(Cl)cc1. The lowest BCUT2D eigenvalue weighted by molar-refractivity contribution is -0.149. The van der Waals surface area contributed by atoms with Crippen molar-refractivity contribution in [3.8, 4) is 0 Å². The Bertz CT molecular complexity index is 487. The van der Waals surface area contributed by atoms with E-state index in [1.165, 1.54) is 0 Å². The van der Waals surface area contributed by atoms with Crippen molar-refractivity contribution in [2.24, 2.45) is 0 Å². The van der Waals surface area contributed by atoms with Gasteiger partial charge in [-0.2, -0.15) is 0 Å². The van der Waals surface area contributed by atoms with Crippen LogP contribution in [0.2, 0.25) is 5.02 Å². The Morgan fingerprint density at radius 2 is 1.89 bits per heavy atom. The lowest BCUT2D eigenvalue weighted by Gasteiger charge is -2.37. The van der Waals surface area contributed by atoms with Crippen LogP contribution in [0.25, 0.3) is 0 Å². The van der Waals surface area contributed by atoms with Crippen molar-refractivity contribution in [1.82, 2.24) is 10.2 Å². The second-order valence-electron chi connectivity index (χ2n) is 4.75. The summed E-state index contributed by atoms with van der Waals surface area (Å²) in [5, 5.41) is 3.36. The summed E-state index contributed by atoms with van der Waals surface area (Å²) in [5.74, 6) is -0.120. The molecule has 1 aliphatic heterocycles. The molecule has 19 heavy (non-hydrogen) atoms. The molecule has 2 atom stereocenters. The molecule has 1 heterocycles. The van der Waals surface area contributed by atoms with Gasteiger partial charge in [-0.05, 0) is 31.0 Å². The highest BCUT2D eigenvalue weighted by Gasteiger charge is 2.37. The van der Waals surface area contributed by atoms with E-state index in [1.54, 1.807) is 24.0 Å². The number of rotatable bonds is 3. The van der Waals surface area contributed by atoms with E-state index in [9.17, 15) is 9.59 Å². The zero-order valence-electron chi connectivity index (χ0n) is 11.0. The van der Waals surface area contributed by atoms with Gasteiger partial charge in [0.15, 0.2) is 0 Å². The Morgan fingerprint density at radius 1 is 1.26 bits per heavy atom. The van der Waals surface area contributed by atoms with E-state index in [4.69, 9.17) is 11.6 Å². The molecule has 1 aromatic rings. The number of hydrogen-bond donors (Lipinski definition) is 1. The van der Waals surface area contributed by atoms with Crippen molar-refractivity contribution in [3.05, 3.63) is 34.9 Å². The number of nitrogens with zero attached hydrogens (tertiary/aromatic N) is 1. The first-order valence-electron chi connectivity index (χ1n) is 6.38. The smallest absolute Gasteiger partial charge is 0.245 e. The summed E-state index contributed by atoms with van der Waals surface area (Å²) < 4.78 is 0. The summed E-state index contributed by atoms with van der Waals surface area (Å²) in [6.07, 6.45) is 0.609. The maximum Gasteiger partial charge on any atom is 0.245 e. The summed E-state index contributed by atoms with van der Waals surface area (Å²) in [4.78, 5) is 25.8. The first-order valence-corrected chi connectivity index (χ1v) is 6.76. The Labute approximate surface area is 117 Å². The van der Waals surface area contributed by atoms with E-state index < -0.39 is 6.04 Å². The molecule has 0 saturated carbocycles. The maximum absolute atomic E-state index is 12.2. The van der Waals surface area contributed by atoms with Crippen LogP contribution in [0.15, 0.2) is 24.3 Å². The summed E-state index contributed by atoms with van der Waals surface area (Å²) in [7, 11) is 0. The molecule has 1 N–H and O–H groups in total. The van der Waals surface area contributed by atoms with Crippen molar-refractivity contribution >= 4 is 23.4 Å². The highest BCUT2D eigenvalue weighted by atomic mass is 35.5. The van der Waals surface area contributed by atoms with Crippen LogP contribution in [-0.4, -0.2) is 28.8 Å². The Balaban J connectivity index is 2.21. The maximum atomic E-state index is 12.2. The fourth-order valence-corrected chi connectivity index (χ4v) is 2.42. The van der Waals surface area contributed by atoms with Gasteiger partial charge in [0, 0.05) is 11.6 Å². The number of carbonyl (C=O) groups excluding carboxylic acids is 2. The van der Waals surface area contributed by atoms with E-state index in [-0.39, 0.29) is 17.9 Å². The number of amides is 2. The summed E-state index contributed by atoms with van der Waals surface area (Å²) >= 11 is 5.84. The van der Waals surface area contributed by atoms with Crippen LogP contribution in [0.4, 0.5) is 0 Å². The third-order valence-corrected chi connectivity index (χ3v) is 3.60. The number of nitrogens with one attached hydrogen (secondary N) is 1. The second kappa shape index (κ2) is 5.61. The predicted octanol–water partition coefficient (Wildman–Crippen LogP) is 1.97. The van der Waals surface area contributed by atoms with Crippen LogP contribution < -0.4 is 5.32 Å². The molecule has 2 amide bonds. The van der Waals surface area contributed by atoms with Crippen LogP contribution in [0, 0.1) is 0 Å². The third kappa shape index (κ3) is 2.89. The summed E-state index contributed by atoms with van der Waals surface area (Å²) in [6.45, 7) is 4.05. The fourth-order valence-electron chi connectivity index (χ4n) is 2.30.